The Morgan fingerprint density at radius 3 is 2.56 bits per heavy atom. The summed E-state index contributed by atoms with van der Waals surface area (Å²) in [5.74, 6) is -0.916. The van der Waals surface area contributed by atoms with E-state index in [-0.39, 0.29) is 18.7 Å². The maximum absolute atomic E-state index is 12.8. The van der Waals surface area contributed by atoms with E-state index in [0.717, 1.165) is 22.4 Å². The summed E-state index contributed by atoms with van der Waals surface area (Å²) >= 11 is 0. The van der Waals surface area contributed by atoms with Gasteiger partial charge in [0.1, 0.15) is 0 Å². The zero-order chi connectivity index (χ0) is 17.8. The van der Waals surface area contributed by atoms with Crippen LogP contribution in [0.1, 0.15) is 42.9 Å². The van der Waals surface area contributed by atoms with Crippen molar-refractivity contribution in [3.05, 3.63) is 65.2 Å². The van der Waals surface area contributed by atoms with Crippen molar-refractivity contribution in [1.29, 1.82) is 0 Å². The zero-order valence-corrected chi connectivity index (χ0v) is 14.2. The standard InChI is InChI=1S/C21H21NO3/c1-15-13-16-7-3-5-10-19(16)22(20(23)11-6-12-21(24)25)14-17-8-2-4-9-18(15)17/h2-5,7-10,13H,6,11-12,14H2,1H3,(H,24,25). The molecule has 25 heavy (non-hydrogen) atoms. The third-order valence-corrected chi connectivity index (χ3v) is 4.45. The average molecular weight is 335 g/mol. The van der Waals surface area contributed by atoms with Gasteiger partial charge in [-0.1, -0.05) is 42.5 Å². The van der Waals surface area contributed by atoms with Crippen LogP contribution < -0.4 is 4.90 Å². The zero-order valence-electron chi connectivity index (χ0n) is 14.2. The van der Waals surface area contributed by atoms with Gasteiger partial charge in [-0.25, -0.2) is 0 Å². The number of carboxylic acid groups (broad SMARTS) is 1. The quantitative estimate of drug-likeness (QED) is 0.904. The Bertz CT molecular complexity index is 839. The van der Waals surface area contributed by atoms with Gasteiger partial charge >= 0.3 is 5.97 Å². The highest BCUT2D eigenvalue weighted by Gasteiger charge is 2.21. The number of carbonyl (C=O) groups is 2. The maximum Gasteiger partial charge on any atom is 0.303 e. The number of benzene rings is 2. The molecular weight excluding hydrogens is 314 g/mol. The lowest BCUT2D eigenvalue weighted by Crippen LogP contribution is -2.31. The number of nitrogens with zero attached hydrogens (tertiary/aromatic N) is 1. The number of para-hydroxylation sites is 1. The van der Waals surface area contributed by atoms with Crippen LogP contribution in [0.4, 0.5) is 5.69 Å². The number of fused-ring (bicyclic) bond motifs is 2. The first-order valence-corrected chi connectivity index (χ1v) is 8.44. The summed E-state index contributed by atoms with van der Waals surface area (Å²) < 4.78 is 0. The summed E-state index contributed by atoms with van der Waals surface area (Å²) in [6.45, 7) is 2.57. The highest BCUT2D eigenvalue weighted by atomic mass is 16.4. The highest BCUT2D eigenvalue weighted by molar-refractivity contribution is 5.98. The lowest BCUT2D eigenvalue weighted by atomic mass is 9.95. The second-order valence-corrected chi connectivity index (χ2v) is 6.27. The summed E-state index contributed by atoms with van der Waals surface area (Å²) in [5.41, 5.74) is 5.27. The van der Waals surface area contributed by atoms with Crippen LogP contribution in [0.15, 0.2) is 48.5 Å². The minimum absolute atomic E-state index is 0.0107. The molecule has 128 valence electrons. The molecule has 1 aliphatic rings. The molecule has 4 nitrogen and oxygen atoms in total. The van der Waals surface area contributed by atoms with Crippen molar-refractivity contribution >= 4 is 29.2 Å². The molecule has 2 aromatic carbocycles. The minimum Gasteiger partial charge on any atom is -0.481 e. The molecule has 0 atom stereocenters. The molecule has 4 heteroatoms. The molecule has 0 saturated carbocycles. The second kappa shape index (κ2) is 7.34. The Kier molecular flexibility index (Phi) is 4.98. The van der Waals surface area contributed by atoms with E-state index >= 15 is 0 Å². The first-order chi connectivity index (χ1) is 12.1. The van der Waals surface area contributed by atoms with Crippen LogP contribution in [-0.4, -0.2) is 17.0 Å². The Hall–Kier alpha value is -2.88. The SMILES string of the molecule is CC1=Cc2ccccc2N(C(=O)CCCC(=O)O)Cc2ccccc21. The Balaban J connectivity index is 1.99. The topological polar surface area (TPSA) is 57.6 Å². The largest absolute Gasteiger partial charge is 0.481 e. The van der Waals surface area contributed by atoms with Gasteiger partial charge in [0.05, 0.1) is 12.2 Å². The number of carboxylic acids is 1. The van der Waals surface area contributed by atoms with E-state index in [2.05, 4.69) is 19.1 Å². The number of anilines is 1. The van der Waals surface area contributed by atoms with Gasteiger partial charge in [0.2, 0.25) is 5.91 Å². The number of hydrogen-bond donors (Lipinski definition) is 1. The lowest BCUT2D eigenvalue weighted by Gasteiger charge is -2.28. The molecule has 1 heterocycles. The summed E-state index contributed by atoms with van der Waals surface area (Å²) in [4.78, 5) is 25.3. The lowest BCUT2D eigenvalue weighted by molar-refractivity contribution is -0.137. The first-order valence-electron chi connectivity index (χ1n) is 8.44. The molecule has 3 rings (SSSR count). The van der Waals surface area contributed by atoms with Crippen molar-refractivity contribution in [2.75, 3.05) is 4.90 Å². The number of hydrogen-bond acceptors (Lipinski definition) is 2. The molecule has 2 aromatic rings. The van der Waals surface area contributed by atoms with Crippen LogP contribution in [0.3, 0.4) is 0 Å². The van der Waals surface area contributed by atoms with Gasteiger partial charge in [-0.15, -0.1) is 0 Å². The molecule has 0 radical (unpaired) electrons. The Labute approximate surface area is 147 Å². The molecule has 0 spiro atoms. The molecule has 1 aliphatic heterocycles. The molecule has 0 bridgehead atoms. The summed E-state index contributed by atoms with van der Waals surface area (Å²) in [7, 11) is 0. The fourth-order valence-electron chi connectivity index (χ4n) is 3.21. The van der Waals surface area contributed by atoms with Crippen LogP contribution in [0.5, 0.6) is 0 Å². The van der Waals surface area contributed by atoms with Gasteiger partial charge in [-0.3, -0.25) is 9.59 Å². The van der Waals surface area contributed by atoms with Crippen molar-refractivity contribution in [2.45, 2.75) is 32.7 Å². The molecule has 0 aromatic heterocycles. The molecule has 0 saturated heterocycles. The monoisotopic (exact) mass is 335 g/mol. The van der Waals surface area contributed by atoms with Crippen LogP contribution >= 0.6 is 0 Å². The van der Waals surface area contributed by atoms with Crippen LogP contribution in [0.25, 0.3) is 11.6 Å². The van der Waals surface area contributed by atoms with E-state index in [1.54, 1.807) is 4.90 Å². The molecule has 0 aliphatic carbocycles. The van der Waals surface area contributed by atoms with Crippen molar-refractivity contribution in [3.63, 3.8) is 0 Å². The third-order valence-electron chi connectivity index (χ3n) is 4.45. The molecule has 1 amide bonds. The average Bonchev–Trinajstić information content (AvgIpc) is 2.59. The van der Waals surface area contributed by atoms with Gasteiger partial charge in [0.25, 0.3) is 0 Å². The van der Waals surface area contributed by atoms with E-state index in [9.17, 15) is 9.59 Å². The summed E-state index contributed by atoms with van der Waals surface area (Å²) in [6, 6.07) is 15.9. The van der Waals surface area contributed by atoms with E-state index in [1.165, 1.54) is 5.57 Å². The first kappa shape index (κ1) is 17.0. The smallest absolute Gasteiger partial charge is 0.303 e. The molecule has 0 fully saturated rings. The van der Waals surface area contributed by atoms with Gasteiger partial charge < -0.3 is 10.0 Å². The minimum atomic E-state index is -0.871. The van der Waals surface area contributed by atoms with Crippen molar-refractivity contribution in [3.8, 4) is 0 Å². The van der Waals surface area contributed by atoms with Gasteiger partial charge in [-0.2, -0.15) is 0 Å². The predicted octanol–water partition coefficient (Wildman–Crippen LogP) is 4.35. The van der Waals surface area contributed by atoms with E-state index in [0.29, 0.717) is 13.0 Å². The molecule has 1 N–H and O–H groups in total. The van der Waals surface area contributed by atoms with E-state index in [4.69, 9.17) is 5.11 Å². The number of allylic oxidation sites excluding steroid dienone is 1. The van der Waals surface area contributed by atoms with Crippen molar-refractivity contribution in [1.82, 2.24) is 0 Å². The van der Waals surface area contributed by atoms with Crippen LogP contribution in [-0.2, 0) is 16.1 Å². The summed E-state index contributed by atoms with van der Waals surface area (Å²) in [6.07, 6.45) is 2.69. The van der Waals surface area contributed by atoms with Crippen molar-refractivity contribution < 1.29 is 14.7 Å². The van der Waals surface area contributed by atoms with Crippen LogP contribution in [0.2, 0.25) is 0 Å². The fourth-order valence-corrected chi connectivity index (χ4v) is 3.21. The summed E-state index contributed by atoms with van der Waals surface area (Å²) in [5, 5.41) is 8.80. The third kappa shape index (κ3) is 3.79. The van der Waals surface area contributed by atoms with Gasteiger partial charge in [0, 0.05) is 12.8 Å². The van der Waals surface area contributed by atoms with Crippen molar-refractivity contribution in [2.24, 2.45) is 0 Å². The van der Waals surface area contributed by atoms with Gasteiger partial charge in [-0.05, 0) is 47.8 Å². The normalized spacial score (nSPS) is 13.2. The molecule has 0 unspecified atom stereocenters. The fraction of sp³-hybridized carbons (Fsp3) is 0.238. The van der Waals surface area contributed by atoms with Crippen LogP contribution in [0, 0.1) is 0 Å². The van der Waals surface area contributed by atoms with Gasteiger partial charge in [0.15, 0.2) is 0 Å². The number of aliphatic carboxylic acids is 1. The second-order valence-electron chi connectivity index (χ2n) is 6.27. The maximum atomic E-state index is 12.8. The molecular formula is C21H21NO3. The van der Waals surface area contributed by atoms with E-state index < -0.39 is 5.97 Å². The predicted molar refractivity (Wildman–Crippen MR) is 99.1 cm³/mol. The Morgan fingerprint density at radius 1 is 1.04 bits per heavy atom. The Morgan fingerprint density at radius 2 is 1.76 bits per heavy atom. The van der Waals surface area contributed by atoms with E-state index in [1.807, 2.05) is 42.5 Å². The number of carbonyl (C=O) groups excluding carboxylic acids is 1. The highest BCUT2D eigenvalue weighted by Crippen LogP contribution is 2.32. The number of amides is 1. The number of rotatable bonds is 4.